The van der Waals surface area contributed by atoms with Crippen LogP contribution in [0.5, 0.6) is 0 Å². The third-order valence-electron chi connectivity index (χ3n) is 4.19. The number of nitrogens with zero attached hydrogens (tertiary/aromatic N) is 2. The molecule has 1 amide bonds. The van der Waals surface area contributed by atoms with E-state index in [4.69, 9.17) is 10.5 Å². The molecule has 2 aromatic rings. The van der Waals surface area contributed by atoms with Gasteiger partial charge in [0.2, 0.25) is 0 Å². The molecule has 6 heteroatoms. The molecule has 1 aliphatic heterocycles. The molecule has 1 atom stereocenters. The molecule has 128 valence electrons. The van der Waals surface area contributed by atoms with E-state index in [9.17, 15) is 4.79 Å². The smallest absolute Gasteiger partial charge is 0.254 e. The number of amides is 1. The Kier molecular flexibility index (Phi) is 5.28. The van der Waals surface area contributed by atoms with Gasteiger partial charge >= 0.3 is 0 Å². The summed E-state index contributed by atoms with van der Waals surface area (Å²) in [5.41, 5.74) is 8.38. The van der Waals surface area contributed by atoms with E-state index in [1.54, 1.807) is 11.3 Å². The maximum absolute atomic E-state index is 12.9. The molecule has 1 saturated heterocycles. The molecule has 1 aromatic heterocycles. The summed E-state index contributed by atoms with van der Waals surface area (Å²) in [4.78, 5) is 20.3. The van der Waals surface area contributed by atoms with Gasteiger partial charge in [0.25, 0.3) is 5.91 Å². The molecule has 2 N–H and O–H groups in total. The quantitative estimate of drug-likeness (QED) is 0.925. The standard InChI is InChI=1S/C18H23N3O2S/c1-12-17(24-13(2)20-12)14-4-3-5-15(10-14)18(22)21-8-9-23-16(11-21)6-7-19/h3-5,10,16H,6-9,11,19H2,1-2H3/t16-/m1/s1. The molecule has 0 radical (unpaired) electrons. The second-order valence-corrected chi connectivity index (χ2v) is 7.25. The monoisotopic (exact) mass is 345 g/mol. The second-order valence-electron chi connectivity index (χ2n) is 6.05. The van der Waals surface area contributed by atoms with E-state index < -0.39 is 0 Å². The highest BCUT2D eigenvalue weighted by molar-refractivity contribution is 7.15. The van der Waals surface area contributed by atoms with Gasteiger partial charge in [0.1, 0.15) is 0 Å². The van der Waals surface area contributed by atoms with Crippen molar-refractivity contribution in [2.24, 2.45) is 5.73 Å². The van der Waals surface area contributed by atoms with Crippen LogP contribution in [0.25, 0.3) is 10.4 Å². The lowest BCUT2D eigenvalue weighted by molar-refractivity contribution is -0.0236. The van der Waals surface area contributed by atoms with Gasteiger partial charge in [-0.3, -0.25) is 4.79 Å². The average Bonchev–Trinajstić information content (AvgIpc) is 2.93. The Morgan fingerprint density at radius 1 is 1.46 bits per heavy atom. The topological polar surface area (TPSA) is 68.5 Å². The Bertz CT molecular complexity index is 727. The van der Waals surface area contributed by atoms with Crippen LogP contribution in [0.4, 0.5) is 0 Å². The van der Waals surface area contributed by atoms with Crippen molar-refractivity contribution in [1.29, 1.82) is 0 Å². The summed E-state index contributed by atoms with van der Waals surface area (Å²) in [7, 11) is 0. The van der Waals surface area contributed by atoms with Crippen molar-refractivity contribution in [3.05, 3.63) is 40.5 Å². The lowest BCUT2D eigenvalue weighted by Gasteiger charge is -2.33. The molecule has 0 unspecified atom stereocenters. The van der Waals surface area contributed by atoms with Crippen LogP contribution < -0.4 is 5.73 Å². The minimum Gasteiger partial charge on any atom is -0.374 e. The van der Waals surface area contributed by atoms with Crippen molar-refractivity contribution in [2.75, 3.05) is 26.2 Å². The molecule has 0 aliphatic carbocycles. The van der Waals surface area contributed by atoms with Gasteiger partial charge in [-0.15, -0.1) is 11.3 Å². The lowest BCUT2D eigenvalue weighted by atomic mass is 10.1. The van der Waals surface area contributed by atoms with Crippen LogP contribution in [0.1, 0.15) is 27.5 Å². The normalized spacial score (nSPS) is 18.0. The summed E-state index contributed by atoms with van der Waals surface area (Å²) in [5, 5.41) is 1.04. The summed E-state index contributed by atoms with van der Waals surface area (Å²) >= 11 is 1.66. The zero-order chi connectivity index (χ0) is 17.1. The maximum atomic E-state index is 12.9. The molecule has 5 nitrogen and oxygen atoms in total. The fraction of sp³-hybridized carbons (Fsp3) is 0.444. The van der Waals surface area contributed by atoms with Crippen molar-refractivity contribution < 1.29 is 9.53 Å². The molecular weight excluding hydrogens is 322 g/mol. The fourth-order valence-corrected chi connectivity index (χ4v) is 3.96. The van der Waals surface area contributed by atoms with E-state index >= 15 is 0 Å². The molecule has 0 spiro atoms. The number of carbonyl (C=O) groups is 1. The molecule has 2 heterocycles. The minimum atomic E-state index is 0.0438. The molecule has 24 heavy (non-hydrogen) atoms. The number of rotatable bonds is 4. The molecule has 1 aliphatic rings. The van der Waals surface area contributed by atoms with Crippen molar-refractivity contribution in [3.8, 4) is 10.4 Å². The zero-order valence-corrected chi connectivity index (χ0v) is 14.9. The number of aromatic nitrogens is 1. The van der Waals surface area contributed by atoms with Crippen LogP contribution >= 0.6 is 11.3 Å². The highest BCUT2D eigenvalue weighted by Gasteiger charge is 2.24. The first-order valence-electron chi connectivity index (χ1n) is 8.24. The van der Waals surface area contributed by atoms with E-state index in [-0.39, 0.29) is 12.0 Å². The summed E-state index contributed by atoms with van der Waals surface area (Å²) in [6, 6.07) is 7.82. The van der Waals surface area contributed by atoms with Crippen LogP contribution in [-0.2, 0) is 4.74 Å². The van der Waals surface area contributed by atoms with Gasteiger partial charge in [-0.1, -0.05) is 12.1 Å². The largest absolute Gasteiger partial charge is 0.374 e. The van der Waals surface area contributed by atoms with Gasteiger partial charge in [-0.2, -0.15) is 0 Å². The molecule has 1 fully saturated rings. The van der Waals surface area contributed by atoms with Gasteiger partial charge in [0.05, 0.1) is 28.3 Å². The zero-order valence-electron chi connectivity index (χ0n) is 14.1. The molecular formula is C18H23N3O2S. The Balaban J connectivity index is 1.80. The van der Waals surface area contributed by atoms with Crippen molar-refractivity contribution in [1.82, 2.24) is 9.88 Å². The molecule has 3 rings (SSSR count). The van der Waals surface area contributed by atoms with Gasteiger partial charge < -0.3 is 15.4 Å². The number of morpholine rings is 1. The number of thiazole rings is 1. The molecule has 0 bridgehead atoms. The Morgan fingerprint density at radius 2 is 2.29 bits per heavy atom. The number of aryl methyl sites for hydroxylation is 2. The van der Waals surface area contributed by atoms with Crippen LogP contribution in [0.3, 0.4) is 0 Å². The Labute approximate surface area is 146 Å². The third-order valence-corrected chi connectivity index (χ3v) is 5.31. The summed E-state index contributed by atoms with van der Waals surface area (Å²) in [6.07, 6.45) is 0.825. The number of benzene rings is 1. The van der Waals surface area contributed by atoms with E-state index in [1.807, 2.05) is 43.0 Å². The first-order chi connectivity index (χ1) is 11.6. The predicted molar refractivity (Wildman–Crippen MR) is 96.3 cm³/mol. The van der Waals surface area contributed by atoms with Crippen LogP contribution in [0.15, 0.2) is 24.3 Å². The highest BCUT2D eigenvalue weighted by Crippen LogP contribution is 2.30. The minimum absolute atomic E-state index is 0.0438. The van der Waals surface area contributed by atoms with Gasteiger partial charge in [-0.05, 0) is 44.5 Å². The van der Waals surface area contributed by atoms with E-state index in [2.05, 4.69) is 4.98 Å². The van der Waals surface area contributed by atoms with Gasteiger partial charge in [0, 0.05) is 18.7 Å². The highest BCUT2D eigenvalue weighted by atomic mass is 32.1. The Morgan fingerprint density at radius 3 is 3.00 bits per heavy atom. The average molecular weight is 345 g/mol. The summed E-state index contributed by atoms with van der Waals surface area (Å²) in [5.74, 6) is 0.0565. The van der Waals surface area contributed by atoms with Crippen LogP contribution in [0, 0.1) is 13.8 Å². The van der Waals surface area contributed by atoms with Crippen molar-refractivity contribution >= 4 is 17.2 Å². The Hall–Kier alpha value is -1.76. The number of hydrogen-bond acceptors (Lipinski definition) is 5. The van der Waals surface area contributed by atoms with Crippen LogP contribution in [0.2, 0.25) is 0 Å². The van der Waals surface area contributed by atoms with Crippen molar-refractivity contribution in [2.45, 2.75) is 26.4 Å². The van der Waals surface area contributed by atoms with Crippen molar-refractivity contribution in [3.63, 3.8) is 0 Å². The third kappa shape index (κ3) is 3.66. The lowest BCUT2D eigenvalue weighted by Crippen LogP contribution is -2.46. The number of nitrogens with two attached hydrogens (primary N) is 1. The maximum Gasteiger partial charge on any atom is 0.254 e. The first-order valence-corrected chi connectivity index (χ1v) is 9.05. The molecule has 1 aromatic carbocycles. The predicted octanol–water partition coefficient (Wildman–Crippen LogP) is 2.62. The first kappa shape index (κ1) is 17.1. The van der Waals surface area contributed by atoms with E-state index in [1.165, 1.54) is 0 Å². The SMILES string of the molecule is Cc1nc(C)c(-c2cccc(C(=O)N3CCO[C@H](CCN)C3)c2)s1. The number of carbonyl (C=O) groups excluding carboxylic acids is 1. The molecule has 0 saturated carbocycles. The van der Waals surface area contributed by atoms with Crippen LogP contribution in [-0.4, -0.2) is 48.1 Å². The number of hydrogen-bond donors (Lipinski definition) is 1. The van der Waals surface area contributed by atoms with E-state index in [0.29, 0.717) is 31.8 Å². The fourth-order valence-electron chi connectivity index (χ4n) is 3.04. The van der Waals surface area contributed by atoms with Gasteiger partial charge in [0.15, 0.2) is 0 Å². The summed E-state index contributed by atoms with van der Waals surface area (Å²) in [6.45, 7) is 6.39. The summed E-state index contributed by atoms with van der Waals surface area (Å²) < 4.78 is 5.67. The second kappa shape index (κ2) is 7.42. The van der Waals surface area contributed by atoms with Gasteiger partial charge in [-0.25, -0.2) is 4.98 Å². The number of ether oxygens (including phenoxy) is 1. The van der Waals surface area contributed by atoms with E-state index in [0.717, 1.165) is 27.6 Å².